The van der Waals surface area contributed by atoms with Crippen molar-refractivity contribution in [2.45, 2.75) is 12.6 Å². The van der Waals surface area contributed by atoms with Gasteiger partial charge in [-0.25, -0.2) is 19.6 Å². The number of nitrogens with zero attached hydrogens (tertiary/aromatic N) is 5. The second-order valence-corrected chi connectivity index (χ2v) is 5.61. The molecule has 1 aromatic heterocycles. The van der Waals surface area contributed by atoms with Gasteiger partial charge in [0.2, 0.25) is 5.96 Å². The number of guanidine groups is 2. The Hall–Kier alpha value is -4.62. The maximum atomic E-state index is 12.1. The van der Waals surface area contributed by atoms with E-state index in [9.17, 15) is 22.8 Å². The lowest BCUT2D eigenvalue weighted by atomic mass is 10.4. The van der Waals surface area contributed by atoms with Crippen molar-refractivity contribution in [3.8, 4) is 12.2 Å². The molecule has 0 spiro atoms. The number of aliphatic carboxylic acids is 2. The van der Waals surface area contributed by atoms with Crippen LogP contribution in [-0.4, -0.2) is 77.0 Å². The highest BCUT2D eigenvalue weighted by Gasteiger charge is 2.26. The number of hydrogen-bond donors (Lipinski definition) is 6. The van der Waals surface area contributed by atoms with Crippen molar-refractivity contribution in [1.82, 2.24) is 20.6 Å². The molecule has 0 radical (unpaired) electrons. The molecule has 0 unspecified atom stereocenters. The van der Waals surface area contributed by atoms with Crippen LogP contribution >= 0.6 is 0 Å². The van der Waals surface area contributed by atoms with E-state index in [2.05, 4.69) is 35.9 Å². The quantitative estimate of drug-likeness (QED) is 0.0668. The van der Waals surface area contributed by atoms with Crippen LogP contribution in [-0.2, 0) is 9.59 Å². The standard InChI is InChI=1S/C13H18F3N9O.C4H4O4/c1-19-11(23-8-17)20-4-2-6-26-12-21-5-3-9(25-12)24-10(18)22-7-13(14,15)16;5-3(6)1-2-4(7)8/h3,5H,2,4,6-7H2,1H3,(H2,19,20,23)(H3,18,21,22,24,25);1-2H,(H,5,6)(H,7,8). The van der Waals surface area contributed by atoms with Crippen molar-refractivity contribution in [2.24, 2.45) is 15.7 Å². The van der Waals surface area contributed by atoms with Crippen LogP contribution in [0.5, 0.6) is 6.01 Å². The number of ether oxygens (including phenoxy) is 1. The fourth-order valence-electron chi connectivity index (χ4n) is 1.64. The second kappa shape index (κ2) is 16.1. The highest BCUT2D eigenvalue weighted by Crippen LogP contribution is 2.14. The lowest BCUT2D eigenvalue weighted by molar-refractivity contribution is -0.134. The third-order valence-electron chi connectivity index (χ3n) is 2.93. The summed E-state index contributed by atoms with van der Waals surface area (Å²) < 4.78 is 41.5. The van der Waals surface area contributed by atoms with E-state index in [-0.39, 0.29) is 18.4 Å². The molecule has 0 aliphatic rings. The number of aromatic nitrogens is 2. The highest BCUT2D eigenvalue weighted by molar-refractivity contribution is 5.91. The minimum absolute atomic E-state index is 0.0261. The molecule has 17 heteroatoms. The van der Waals surface area contributed by atoms with Crippen molar-refractivity contribution in [3.05, 3.63) is 24.4 Å². The Labute approximate surface area is 191 Å². The van der Waals surface area contributed by atoms with E-state index in [0.29, 0.717) is 31.1 Å². The second-order valence-electron chi connectivity index (χ2n) is 5.61. The summed E-state index contributed by atoms with van der Waals surface area (Å²) in [5.74, 6) is -2.45. The average molecular weight is 489 g/mol. The van der Waals surface area contributed by atoms with E-state index in [1.165, 1.54) is 19.3 Å². The predicted octanol–water partition coefficient (Wildman–Crippen LogP) is -0.108. The van der Waals surface area contributed by atoms with Gasteiger partial charge in [-0.2, -0.15) is 23.4 Å². The largest absolute Gasteiger partial charge is 0.478 e. The fraction of sp³-hybridized carbons (Fsp3) is 0.353. The first-order valence-corrected chi connectivity index (χ1v) is 9.06. The summed E-state index contributed by atoms with van der Waals surface area (Å²) in [5.41, 5.74) is 5.36. The van der Waals surface area contributed by atoms with Crippen LogP contribution in [0, 0.1) is 11.5 Å². The first-order chi connectivity index (χ1) is 16.0. The van der Waals surface area contributed by atoms with Gasteiger partial charge in [0.15, 0.2) is 12.2 Å². The van der Waals surface area contributed by atoms with Crippen LogP contribution in [0.2, 0.25) is 0 Å². The maximum absolute atomic E-state index is 12.1. The van der Waals surface area contributed by atoms with Gasteiger partial charge in [-0.15, -0.1) is 0 Å². The molecule has 0 aliphatic carbocycles. The molecule has 0 saturated heterocycles. The lowest BCUT2D eigenvalue weighted by Gasteiger charge is -2.09. The summed E-state index contributed by atoms with van der Waals surface area (Å²) in [5, 5.41) is 31.8. The molecular weight excluding hydrogens is 467 g/mol. The normalized spacial score (nSPS) is 11.6. The van der Waals surface area contributed by atoms with Gasteiger partial charge in [-0.3, -0.25) is 10.3 Å². The number of carboxylic acids is 2. The first-order valence-electron chi connectivity index (χ1n) is 9.06. The Balaban J connectivity index is 0.00000116. The zero-order valence-corrected chi connectivity index (χ0v) is 17.7. The number of nitrogens with two attached hydrogens (primary N) is 1. The summed E-state index contributed by atoms with van der Waals surface area (Å²) in [4.78, 5) is 33.9. The Morgan fingerprint density at radius 2 is 1.97 bits per heavy atom. The van der Waals surface area contributed by atoms with Gasteiger partial charge in [0, 0.05) is 31.9 Å². The maximum Gasteiger partial charge on any atom is 0.408 e. The molecule has 1 aromatic rings. The van der Waals surface area contributed by atoms with Crippen LogP contribution < -0.4 is 26.4 Å². The van der Waals surface area contributed by atoms with Crippen molar-refractivity contribution < 1.29 is 37.7 Å². The number of carbonyl (C=O) groups is 2. The van der Waals surface area contributed by atoms with Gasteiger partial charge < -0.3 is 31.3 Å². The lowest BCUT2D eigenvalue weighted by Crippen LogP contribution is -2.35. The zero-order chi connectivity index (χ0) is 26.0. The molecule has 0 saturated carbocycles. The van der Waals surface area contributed by atoms with Crippen LogP contribution in [0.15, 0.2) is 34.4 Å². The van der Waals surface area contributed by atoms with Crippen molar-refractivity contribution >= 4 is 29.7 Å². The SMILES string of the molecule is CN=C(NC#N)NCCCOc1nccc(NC(N)=NCC(F)(F)F)n1.O=C(O)C=CC(=O)O. The molecule has 1 rings (SSSR count). The smallest absolute Gasteiger partial charge is 0.408 e. The third kappa shape index (κ3) is 17.1. The van der Waals surface area contributed by atoms with Crippen LogP contribution in [0.3, 0.4) is 0 Å². The van der Waals surface area contributed by atoms with Gasteiger partial charge in [-0.05, 0) is 12.5 Å². The number of nitrogens with one attached hydrogen (secondary N) is 3. The van der Waals surface area contributed by atoms with Crippen LogP contribution in [0.4, 0.5) is 19.0 Å². The molecule has 14 nitrogen and oxygen atoms in total. The minimum Gasteiger partial charge on any atom is -0.478 e. The molecule has 0 bridgehead atoms. The monoisotopic (exact) mass is 489 g/mol. The van der Waals surface area contributed by atoms with Crippen LogP contribution in [0.1, 0.15) is 6.42 Å². The summed E-state index contributed by atoms with van der Waals surface area (Å²) in [6.45, 7) is -0.648. The van der Waals surface area contributed by atoms with Gasteiger partial charge in [0.1, 0.15) is 12.4 Å². The Kier molecular flexibility index (Phi) is 13.9. The van der Waals surface area contributed by atoms with E-state index in [4.69, 9.17) is 25.9 Å². The van der Waals surface area contributed by atoms with E-state index in [0.717, 1.165) is 0 Å². The molecule has 0 atom stereocenters. The van der Waals surface area contributed by atoms with Gasteiger partial charge >= 0.3 is 24.1 Å². The number of nitriles is 1. The summed E-state index contributed by atoms with van der Waals surface area (Å²) in [6, 6.07) is 1.43. The van der Waals surface area contributed by atoms with Crippen molar-refractivity contribution in [2.75, 3.05) is 32.1 Å². The molecule has 186 valence electrons. The summed E-state index contributed by atoms with van der Waals surface area (Å²) in [7, 11) is 1.53. The summed E-state index contributed by atoms with van der Waals surface area (Å²) >= 11 is 0. The van der Waals surface area contributed by atoms with E-state index in [1.807, 2.05) is 0 Å². The van der Waals surface area contributed by atoms with Gasteiger partial charge in [0.25, 0.3) is 0 Å². The average Bonchev–Trinajstić information content (AvgIpc) is 2.75. The topological polar surface area (TPSA) is 220 Å². The number of rotatable bonds is 9. The Bertz CT molecular complexity index is 914. The number of carboxylic acid groups (broad SMARTS) is 2. The third-order valence-corrected chi connectivity index (χ3v) is 2.93. The van der Waals surface area contributed by atoms with Crippen LogP contribution in [0.25, 0.3) is 0 Å². The fourth-order valence-corrected chi connectivity index (χ4v) is 1.64. The predicted molar refractivity (Wildman–Crippen MR) is 113 cm³/mol. The number of anilines is 1. The number of aliphatic imine (C=N–C) groups is 2. The van der Waals surface area contributed by atoms with Crippen molar-refractivity contribution in [1.29, 1.82) is 5.26 Å². The minimum atomic E-state index is -4.44. The molecule has 7 N–H and O–H groups in total. The molecular formula is C17H22F3N9O5. The van der Waals surface area contributed by atoms with Crippen molar-refractivity contribution in [3.63, 3.8) is 0 Å². The molecule has 1 heterocycles. The van der Waals surface area contributed by atoms with Gasteiger partial charge in [-0.1, -0.05) is 0 Å². The molecule has 0 aliphatic heterocycles. The summed E-state index contributed by atoms with van der Waals surface area (Å²) in [6.07, 6.45) is 0.335. The van der Waals surface area contributed by atoms with Gasteiger partial charge in [0.05, 0.1) is 6.61 Å². The number of halogens is 3. The molecule has 34 heavy (non-hydrogen) atoms. The molecule has 0 amide bonds. The van der Waals surface area contributed by atoms with E-state index in [1.54, 1.807) is 6.19 Å². The zero-order valence-electron chi connectivity index (χ0n) is 17.7. The Morgan fingerprint density at radius 3 is 2.50 bits per heavy atom. The highest BCUT2D eigenvalue weighted by atomic mass is 19.4. The Morgan fingerprint density at radius 1 is 1.32 bits per heavy atom. The number of alkyl halides is 3. The first kappa shape index (κ1) is 29.4. The molecule has 0 aromatic carbocycles. The van der Waals surface area contributed by atoms with E-state index >= 15 is 0 Å². The molecule has 0 fully saturated rings. The number of hydrogen-bond acceptors (Lipinski definition) is 8. The van der Waals surface area contributed by atoms with E-state index < -0.39 is 30.6 Å².